The van der Waals surface area contributed by atoms with E-state index in [0.29, 0.717) is 16.5 Å². The maximum atomic E-state index is 8.77. The van der Waals surface area contributed by atoms with Crippen molar-refractivity contribution in [2.75, 3.05) is 0 Å². The van der Waals surface area contributed by atoms with E-state index < -0.39 is 0 Å². The Morgan fingerprint density at radius 2 is 2.29 bits per heavy atom. The van der Waals surface area contributed by atoms with Gasteiger partial charge in [0.2, 0.25) is 5.82 Å². The number of pyridine rings is 1. The van der Waals surface area contributed by atoms with Gasteiger partial charge in [0.15, 0.2) is 0 Å². The zero-order valence-corrected chi connectivity index (χ0v) is 7.81. The van der Waals surface area contributed by atoms with E-state index in [-0.39, 0.29) is 0 Å². The van der Waals surface area contributed by atoms with Crippen LogP contribution in [-0.4, -0.2) is 14.5 Å². The lowest BCUT2D eigenvalue weighted by Crippen LogP contribution is -1.97. The molecule has 2 aromatic rings. The third-order valence-corrected chi connectivity index (χ3v) is 2.04. The molecule has 0 fully saturated rings. The first-order valence-electron chi connectivity index (χ1n) is 3.86. The van der Waals surface area contributed by atoms with Gasteiger partial charge in [-0.3, -0.25) is 9.55 Å². The van der Waals surface area contributed by atoms with E-state index in [1.807, 2.05) is 6.07 Å². The average Bonchev–Trinajstić information content (AvgIpc) is 2.66. The van der Waals surface area contributed by atoms with Crippen LogP contribution < -0.4 is 0 Å². The minimum absolute atomic E-state index is 0.304. The largest absolute Gasteiger partial charge is 0.290 e. The second kappa shape index (κ2) is 3.48. The molecular formula is C9H5ClN4. The lowest BCUT2D eigenvalue weighted by atomic mass is 10.4. The third-order valence-electron chi connectivity index (χ3n) is 1.75. The molecule has 0 bridgehead atoms. The Balaban J connectivity index is 2.62. The summed E-state index contributed by atoms with van der Waals surface area (Å²) in [6.07, 6.45) is 6.37. The Morgan fingerprint density at radius 1 is 1.43 bits per heavy atom. The van der Waals surface area contributed by atoms with Crippen molar-refractivity contribution in [3.05, 3.63) is 41.7 Å². The summed E-state index contributed by atoms with van der Waals surface area (Å²) in [7, 11) is 0. The van der Waals surface area contributed by atoms with E-state index in [2.05, 4.69) is 9.97 Å². The molecule has 0 atom stereocenters. The van der Waals surface area contributed by atoms with Crippen LogP contribution in [0.1, 0.15) is 5.82 Å². The first kappa shape index (κ1) is 8.73. The minimum Gasteiger partial charge on any atom is -0.290 e. The SMILES string of the molecule is N#Cc1nccn1-c1ccncc1Cl. The summed E-state index contributed by atoms with van der Waals surface area (Å²) >= 11 is 5.92. The van der Waals surface area contributed by atoms with E-state index >= 15 is 0 Å². The van der Waals surface area contributed by atoms with Crippen molar-refractivity contribution in [1.82, 2.24) is 14.5 Å². The predicted octanol–water partition coefficient (Wildman–Crippen LogP) is 1.79. The highest BCUT2D eigenvalue weighted by molar-refractivity contribution is 6.32. The first-order chi connectivity index (χ1) is 6.83. The molecule has 14 heavy (non-hydrogen) atoms. The number of imidazole rings is 1. The highest BCUT2D eigenvalue weighted by Crippen LogP contribution is 2.19. The van der Waals surface area contributed by atoms with Crippen molar-refractivity contribution in [2.45, 2.75) is 0 Å². The molecule has 4 nitrogen and oxygen atoms in total. The summed E-state index contributed by atoms with van der Waals surface area (Å²) in [4.78, 5) is 7.74. The van der Waals surface area contributed by atoms with Gasteiger partial charge in [-0.2, -0.15) is 5.26 Å². The van der Waals surface area contributed by atoms with Gasteiger partial charge in [-0.1, -0.05) is 11.6 Å². The van der Waals surface area contributed by atoms with E-state index in [1.54, 1.807) is 29.2 Å². The molecule has 0 aliphatic carbocycles. The molecule has 68 valence electrons. The second-order valence-corrected chi connectivity index (χ2v) is 2.97. The van der Waals surface area contributed by atoms with Gasteiger partial charge in [0, 0.05) is 24.8 Å². The molecule has 2 aromatic heterocycles. The van der Waals surface area contributed by atoms with Crippen LogP contribution in [0.3, 0.4) is 0 Å². The maximum Gasteiger partial charge on any atom is 0.217 e. The molecule has 0 amide bonds. The number of rotatable bonds is 1. The Labute approximate surface area is 85.4 Å². The van der Waals surface area contributed by atoms with Gasteiger partial charge < -0.3 is 0 Å². The summed E-state index contributed by atoms with van der Waals surface area (Å²) in [6, 6.07) is 3.70. The quantitative estimate of drug-likeness (QED) is 0.712. The number of hydrogen-bond donors (Lipinski definition) is 0. The fourth-order valence-electron chi connectivity index (χ4n) is 1.14. The van der Waals surface area contributed by atoms with Crippen LogP contribution >= 0.6 is 11.6 Å². The van der Waals surface area contributed by atoms with E-state index in [4.69, 9.17) is 16.9 Å². The lowest BCUT2D eigenvalue weighted by Gasteiger charge is -2.04. The van der Waals surface area contributed by atoms with Crippen LogP contribution in [0.2, 0.25) is 5.02 Å². The van der Waals surface area contributed by atoms with Gasteiger partial charge >= 0.3 is 0 Å². The van der Waals surface area contributed by atoms with Crippen molar-refractivity contribution >= 4 is 11.6 Å². The van der Waals surface area contributed by atoms with Crippen LogP contribution in [0.4, 0.5) is 0 Å². The molecule has 0 unspecified atom stereocenters. The van der Waals surface area contributed by atoms with Crippen molar-refractivity contribution in [1.29, 1.82) is 5.26 Å². The van der Waals surface area contributed by atoms with E-state index in [0.717, 1.165) is 0 Å². The summed E-state index contributed by atoms with van der Waals surface area (Å²) in [5.41, 5.74) is 0.704. The van der Waals surface area contributed by atoms with Crippen molar-refractivity contribution < 1.29 is 0 Å². The van der Waals surface area contributed by atoms with Gasteiger partial charge in [-0.15, -0.1) is 0 Å². The van der Waals surface area contributed by atoms with Crippen LogP contribution in [-0.2, 0) is 0 Å². The van der Waals surface area contributed by atoms with Crippen molar-refractivity contribution in [3.8, 4) is 11.8 Å². The Morgan fingerprint density at radius 3 is 3.00 bits per heavy atom. The lowest BCUT2D eigenvalue weighted by molar-refractivity contribution is 1.01. The summed E-state index contributed by atoms with van der Waals surface area (Å²) in [6.45, 7) is 0. The number of aromatic nitrogens is 3. The van der Waals surface area contributed by atoms with Gasteiger partial charge in [0.25, 0.3) is 0 Å². The normalized spacial score (nSPS) is 9.71. The second-order valence-electron chi connectivity index (χ2n) is 2.56. The number of nitrogens with zero attached hydrogens (tertiary/aromatic N) is 4. The summed E-state index contributed by atoms with van der Waals surface area (Å²) in [5.74, 6) is 0.304. The Kier molecular flexibility index (Phi) is 2.17. The van der Waals surface area contributed by atoms with Crippen molar-refractivity contribution in [3.63, 3.8) is 0 Å². The van der Waals surface area contributed by atoms with Gasteiger partial charge in [0.1, 0.15) is 6.07 Å². The summed E-state index contributed by atoms with van der Waals surface area (Å²) in [5, 5.41) is 9.26. The van der Waals surface area contributed by atoms with Crippen LogP contribution in [0, 0.1) is 11.3 Å². The highest BCUT2D eigenvalue weighted by atomic mass is 35.5. The third kappa shape index (κ3) is 1.34. The molecule has 0 spiro atoms. The van der Waals surface area contributed by atoms with Gasteiger partial charge in [-0.05, 0) is 6.07 Å². The number of halogens is 1. The Bertz CT molecular complexity index is 498. The topological polar surface area (TPSA) is 54.5 Å². The Hall–Kier alpha value is -1.86. The molecule has 0 aliphatic heterocycles. The fourth-order valence-corrected chi connectivity index (χ4v) is 1.35. The zero-order chi connectivity index (χ0) is 9.97. The van der Waals surface area contributed by atoms with Gasteiger partial charge in [-0.25, -0.2) is 4.98 Å². The molecule has 2 heterocycles. The molecule has 2 rings (SSSR count). The van der Waals surface area contributed by atoms with Gasteiger partial charge in [0.05, 0.1) is 10.7 Å². The summed E-state index contributed by atoms with van der Waals surface area (Å²) < 4.78 is 1.62. The predicted molar refractivity (Wildman–Crippen MR) is 51.1 cm³/mol. The monoisotopic (exact) mass is 204 g/mol. The molecular weight excluding hydrogens is 200 g/mol. The van der Waals surface area contributed by atoms with Crippen LogP contribution in [0.5, 0.6) is 0 Å². The maximum absolute atomic E-state index is 8.77. The molecule has 0 saturated carbocycles. The smallest absolute Gasteiger partial charge is 0.217 e. The molecule has 0 radical (unpaired) electrons. The zero-order valence-electron chi connectivity index (χ0n) is 7.05. The fraction of sp³-hybridized carbons (Fsp3) is 0. The molecule has 0 aliphatic rings. The minimum atomic E-state index is 0.304. The molecule has 0 aromatic carbocycles. The molecule has 0 N–H and O–H groups in total. The molecule has 5 heteroatoms. The highest BCUT2D eigenvalue weighted by Gasteiger charge is 2.06. The van der Waals surface area contributed by atoms with Crippen molar-refractivity contribution in [2.24, 2.45) is 0 Å². The number of hydrogen-bond acceptors (Lipinski definition) is 3. The van der Waals surface area contributed by atoms with E-state index in [9.17, 15) is 0 Å². The first-order valence-corrected chi connectivity index (χ1v) is 4.24. The van der Waals surface area contributed by atoms with Crippen LogP contribution in [0.15, 0.2) is 30.9 Å². The number of nitriles is 1. The molecule has 0 saturated heterocycles. The average molecular weight is 205 g/mol. The standard InChI is InChI=1S/C9H5ClN4/c10-7-6-12-2-1-8(7)14-4-3-13-9(14)5-11/h1-4,6H. The van der Waals surface area contributed by atoms with Crippen LogP contribution in [0.25, 0.3) is 5.69 Å². The van der Waals surface area contributed by atoms with E-state index in [1.165, 1.54) is 6.20 Å².